The summed E-state index contributed by atoms with van der Waals surface area (Å²) < 4.78 is 0. The van der Waals surface area contributed by atoms with Gasteiger partial charge >= 0.3 is 6.03 Å². The molecule has 1 fully saturated rings. The van der Waals surface area contributed by atoms with Crippen LogP contribution in [0.15, 0.2) is 54.6 Å². The Balaban J connectivity index is 1.53. The fourth-order valence-electron chi connectivity index (χ4n) is 3.55. The number of urea groups is 1. The number of carbonyl (C=O) groups is 3. The zero-order valence-corrected chi connectivity index (χ0v) is 17.7. The molecule has 1 saturated heterocycles. The Labute approximate surface area is 177 Å². The molecule has 1 aliphatic heterocycles. The molecule has 0 spiro atoms. The fraction of sp³-hybridized carbons (Fsp3) is 0.348. The van der Waals surface area contributed by atoms with Gasteiger partial charge in [-0.15, -0.1) is 0 Å². The quantitative estimate of drug-likeness (QED) is 0.569. The zero-order valence-electron chi connectivity index (χ0n) is 17.7. The molecule has 7 heteroatoms. The first-order valence-electron chi connectivity index (χ1n) is 10.1. The van der Waals surface area contributed by atoms with E-state index >= 15 is 0 Å². The molecule has 30 heavy (non-hydrogen) atoms. The molecule has 2 atom stereocenters. The van der Waals surface area contributed by atoms with Crippen molar-refractivity contribution in [1.82, 2.24) is 15.8 Å². The van der Waals surface area contributed by atoms with E-state index in [1.807, 2.05) is 68.6 Å². The number of hydrogen-bond donors (Lipinski definition) is 3. The number of rotatable bonds is 8. The van der Waals surface area contributed by atoms with Crippen molar-refractivity contribution in [3.8, 4) is 0 Å². The second-order valence-corrected chi connectivity index (χ2v) is 8.22. The van der Waals surface area contributed by atoms with Crippen LogP contribution in [0.4, 0.5) is 4.79 Å². The monoisotopic (exact) mass is 409 g/mol. The van der Waals surface area contributed by atoms with E-state index in [9.17, 15) is 14.4 Å². The maximum atomic E-state index is 12.8. The summed E-state index contributed by atoms with van der Waals surface area (Å²) in [5.74, 6) is -0.816. The van der Waals surface area contributed by atoms with Crippen molar-refractivity contribution in [2.45, 2.75) is 38.8 Å². The highest BCUT2D eigenvalue weighted by atomic mass is 16.2. The highest BCUT2D eigenvalue weighted by Crippen LogP contribution is 2.22. The molecule has 3 rings (SSSR count). The highest BCUT2D eigenvalue weighted by molar-refractivity contribution is 6.07. The molecule has 1 heterocycles. The van der Waals surface area contributed by atoms with E-state index in [1.54, 1.807) is 6.92 Å². The van der Waals surface area contributed by atoms with Gasteiger partial charge in [0.15, 0.2) is 6.54 Å². The van der Waals surface area contributed by atoms with E-state index in [0.29, 0.717) is 19.4 Å². The van der Waals surface area contributed by atoms with Crippen molar-refractivity contribution < 1.29 is 19.3 Å². The summed E-state index contributed by atoms with van der Waals surface area (Å²) >= 11 is 0. The van der Waals surface area contributed by atoms with E-state index < -0.39 is 17.5 Å². The number of imide groups is 1. The van der Waals surface area contributed by atoms with E-state index in [1.165, 1.54) is 5.56 Å². The predicted octanol–water partition coefficient (Wildman–Crippen LogP) is 0.984. The smallest absolute Gasteiger partial charge is 0.326 e. The average Bonchev–Trinajstić information content (AvgIpc) is 2.92. The average molecular weight is 410 g/mol. The van der Waals surface area contributed by atoms with Gasteiger partial charge in [0, 0.05) is 5.56 Å². The minimum absolute atomic E-state index is 0.145. The van der Waals surface area contributed by atoms with E-state index in [2.05, 4.69) is 10.7 Å². The van der Waals surface area contributed by atoms with Gasteiger partial charge in [-0.2, -0.15) is 5.01 Å². The number of amides is 4. The second-order valence-electron chi connectivity index (χ2n) is 8.22. The van der Waals surface area contributed by atoms with Crippen LogP contribution < -0.4 is 15.6 Å². The minimum Gasteiger partial charge on any atom is -0.326 e. The van der Waals surface area contributed by atoms with Crippen LogP contribution in [-0.2, 0) is 22.6 Å². The standard InChI is InChI=1S/C23H28N4O3/c1-17-9-11-19(12-10-17)15-26(3)16-20(28)25-27-21(29)23(2,24-22(27)30)14-13-18-7-5-4-6-8-18/h4-12H,13-16H2,1-3H3,(H,24,30)(H,25,28)/p+1/t23-/m0/s1. The normalized spacial score (nSPS) is 19.5. The largest absolute Gasteiger partial charge is 0.344 e. The van der Waals surface area contributed by atoms with Crippen LogP contribution in [0.3, 0.4) is 0 Å². The molecule has 4 amide bonds. The molecule has 2 aromatic carbocycles. The van der Waals surface area contributed by atoms with Crippen LogP contribution in [-0.4, -0.2) is 42.0 Å². The summed E-state index contributed by atoms with van der Waals surface area (Å²) in [6.07, 6.45) is 1.10. The van der Waals surface area contributed by atoms with Gasteiger partial charge in [-0.3, -0.25) is 15.0 Å². The third kappa shape index (κ3) is 5.24. The van der Waals surface area contributed by atoms with Crippen LogP contribution in [0.5, 0.6) is 0 Å². The summed E-state index contributed by atoms with van der Waals surface area (Å²) in [5.41, 5.74) is 4.82. The van der Waals surface area contributed by atoms with Gasteiger partial charge in [0.05, 0.1) is 7.05 Å². The van der Waals surface area contributed by atoms with E-state index in [4.69, 9.17) is 0 Å². The third-order valence-electron chi connectivity index (χ3n) is 5.34. The summed E-state index contributed by atoms with van der Waals surface area (Å²) in [6.45, 7) is 4.53. The maximum absolute atomic E-state index is 12.8. The predicted molar refractivity (Wildman–Crippen MR) is 113 cm³/mol. The molecule has 2 aromatic rings. The van der Waals surface area contributed by atoms with E-state index in [0.717, 1.165) is 21.0 Å². The molecule has 0 saturated carbocycles. The Morgan fingerprint density at radius 3 is 2.40 bits per heavy atom. The number of hydrazine groups is 1. The molecular formula is C23H29N4O3+. The lowest BCUT2D eigenvalue weighted by Crippen LogP contribution is -3.09. The Hall–Kier alpha value is -3.19. The molecular weight excluding hydrogens is 380 g/mol. The number of nitrogens with one attached hydrogen (secondary N) is 3. The lowest BCUT2D eigenvalue weighted by Gasteiger charge is -2.22. The number of likely N-dealkylation sites (N-methyl/N-ethyl adjacent to an activating group) is 1. The number of benzene rings is 2. The van der Waals surface area contributed by atoms with Crippen molar-refractivity contribution in [3.63, 3.8) is 0 Å². The number of hydrogen-bond acceptors (Lipinski definition) is 3. The zero-order chi connectivity index (χ0) is 21.7. The molecule has 1 unspecified atom stereocenters. The SMILES string of the molecule is Cc1ccc(C[NH+](C)CC(=O)NN2C(=O)N[C@@](C)(CCc3ccccc3)C2=O)cc1. The van der Waals surface area contributed by atoms with Crippen molar-refractivity contribution in [2.24, 2.45) is 0 Å². The molecule has 1 aliphatic rings. The maximum Gasteiger partial charge on any atom is 0.344 e. The van der Waals surface area contributed by atoms with Crippen molar-refractivity contribution in [3.05, 3.63) is 71.3 Å². The number of aryl methyl sites for hydroxylation is 2. The molecule has 3 N–H and O–H groups in total. The van der Waals surface area contributed by atoms with Gasteiger partial charge < -0.3 is 10.2 Å². The Bertz CT molecular complexity index is 914. The van der Waals surface area contributed by atoms with Crippen molar-refractivity contribution in [1.29, 1.82) is 0 Å². The molecule has 0 aliphatic carbocycles. The van der Waals surface area contributed by atoms with E-state index in [-0.39, 0.29) is 12.5 Å². The van der Waals surface area contributed by atoms with Crippen LogP contribution in [0.1, 0.15) is 30.0 Å². The van der Waals surface area contributed by atoms with Crippen LogP contribution in [0.2, 0.25) is 0 Å². The fourth-order valence-corrected chi connectivity index (χ4v) is 3.55. The third-order valence-corrected chi connectivity index (χ3v) is 5.34. The first-order chi connectivity index (χ1) is 14.3. The topological polar surface area (TPSA) is 82.9 Å². The number of quaternary nitrogens is 1. The van der Waals surface area contributed by atoms with Crippen LogP contribution in [0, 0.1) is 6.92 Å². The molecule has 0 aromatic heterocycles. The highest BCUT2D eigenvalue weighted by Gasteiger charge is 2.48. The molecule has 7 nitrogen and oxygen atoms in total. The Kier molecular flexibility index (Phi) is 6.52. The van der Waals surface area contributed by atoms with Gasteiger partial charge in [0.25, 0.3) is 11.8 Å². The Morgan fingerprint density at radius 1 is 1.07 bits per heavy atom. The first-order valence-corrected chi connectivity index (χ1v) is 10.1. The second kappa shape index (κ2) is 9.09. The van der Waals surface area contributed by atoms with Gasteiger partial charge in [0.2, 0.25) is 0 Å². The van der Waals surface area contributed by atoms with Crippen molar-refractivity contribution in [2.75, 3.05) is 13.6 Å². The lowest BCUT2D eigenvalue weighted by molar-refractivity contribution is -0.885. The summed E-state index contributed by atoms with van der Waals surface area (Å²) in [5, 5.41) is 3.53. The molecule has 0 radical (unpaired) electrons. The molecule has 158 valence electrons. The van der Waals surface area contributed by atoms with Gasteiger partial charge in [-0.05, 0) is 32.3 Å². The van der Waals surface area contributed by atoms with Gasteiger partial charge in [0.1, 0.15) is 12.1 Å². The van der Waals surface area contributed by atoms with Crippen LogP contribution >= 0.6 is 0 Å². The first kappa shape index (κ1) is 21.5. The summed E-state index contributed by atoms with van der Waals surface area (Å²) in [6, 6.07) is 17.3. The number of nitrogens with zero attached hydrogens (tertiary/aromatic N) is 1. The minimum atomic E-state index is -1.04. The number of carbonyl (C=O) groups excluding carboxylic acids is 3. The summed E-state index contributed by atoms with van der Waals surface area (Å²) in [7, 11) is 1.90. The van der Waals surface area contributed by atoms with Gasteiger partial charge in [-0.1, -0.05) is 60.2 Å². The van der Waals surface area contributed by atoms with Gasteiger partial charge in [-0.25, -0.2) is 4.79 Å². The lowest BCUT2D eigenvalue weighted by atomic mass is 9.93. The Morgan fingerprint density at radius 2 is 1.73 bits per heavy atom. The molecule has 0 bridgehead atoms. The summed E-state index contributed by atoms with van der Waals surface area (Å²) in [4.78, 5) is 38.5. The van der Waals surface area contributed by atoms with Crippen LogP contribution in [0.25, 0.3) is 0 Å². The van der Waals surface area contributed by atoms with Crippen molar-refractivity contribution >= 4 is 17.8 Å².